The predicted molar refractivity (Wildman–Crippen MR) is 80.5 cm³/mol. The van der Waals surface area contributed by atoms with Crippen LogP contribution in [0.3, 0.4) is 0 Å². The lowest BCUT2D eigenvalue weighted by Crippen LogP contribution is -2.32. The molecule has 0 spiro atoms. The summed E-state index contributed by atoms with van der Waals surface area (Å²) in [6.45, 7) is 1.76. The second-order valence-electron chi connectivity index (χ2n) is 6.25. The zero-order chi connectivity index (χ0) is 15.3. The van der Waals surface area contributed by atoms with Gasteiger partial charge in [-0.2, -0.15) is 0 Å². The van der Waals surface area contributed by atoms with Gasteiger partial charge in [-0.1, -0.05) is 11.6 Å². The molecule has 3 aliphatic heterocycles. The van der Waals surface area contributed by atoms with Crippen molar-refractivity contribution in [1.82, 2.24) is 4.90 Å². The molecule has 4 rings (SSSR count). The van der Waals surface area contributed by atoms with E-state index in [4.69, 9.17) is 21.1 Å². The van der Waals surface area contributed by atoms with Crippen molar-refractivity contribution in [2.24, 2.45) is 5.92 Å². The first kappa shape index (κ1) is 14.2. The van der Waals surface area contributed by atoms with Crippen molar-refractivity contribution in [3.8, 4) is 11.5 Å². The van der Waals surface area contributed by atoms with Gasteiger partial charge in [0, 0.05) is 18.6 Å². The average Bonchev–Trinajstić information content (AvgIpc) is 3.04. The minimum absolute atomic E-state index is 0.148. The number of halogens is 1. The number of carboxylic acids is 1. The molecule has 0 radical (unpaired) electrons. The van der Waals surface area contributed by atoms with Gasteiger partial charge in [0.25, 0.3) is 0 Å². The number of ether oxygens (including phenoxy) is 2. The Kier molecular flexibility index (Phi) is 3.42. The Morgan fingerprint density at radius 2 is 2.14 bits per heavy atom. The van der Waals surface area contributed by atoms with Gasteiger partial charge in [0.05, 0.1) is 10.9 Å². The third-order valence-electron chi connectivity index (χ3n) is 5.02. The zero-order valence-corrected chi connectivity index (χ0v) is 12.9. The molecule has 1 aromatic rings. The Morgan fingerprint density at radius 3 is 2.91 bits per heavy atom. The highest BCUT2D eigenvalue weighted by molar-refractivity contribution is 6.32. The number of carboxylic acid groups (broad SMARTS) is 1. The highest BCUT2D eigenvalue weighted by atomic mass is 35.5. The van der Waals surface area contributed by atoms with Gasteiger partial charge in [-0.05, 0) is 37.0 Å². The summed E-state index contributed by atoms with van der Waals surface area (Å²) in [5.74, 6) is 0.406. The van der Waals surface area contributed by atoms with Crippen molar-refractivity contribution >= 4 is 17.6 Å². The number of hydrogen-bond acceptors (Lipinski definition) is 4. The molecular weight excluding hydrogens is 306 g/mol. The van der Waals surface area contributed by atoms with Gasteiger partial charge in [-0.3, -0.25) is 9.69 Å². The smallest absolute Gasteiger partial charge is 0.308 e. The van der Waals surface area contributed by atoms with Crippen LogP contribution in [-0.4, -0.2) is 41.3 Å². The minimum atomic E-state index is -0.669. The number of carbonyl (C=O) groups is 1. The average molecular weight is 324 g/mol. The van der Waals surface area contributed by atoms with Crippen LogP contribution in [0.4, 0.5) is 0 Å². The highest BCUT2D eigenvalue weighted by Crippen LogP contribution is 2.44. The van der Waals surface area contributed by atoms with Crippen LogP contribution in [0.5, 0.6) is 11.5 Å². The van der Waals surface area contributed by atoms with Crippen LogP contribution in [0.1, 0.15) is 24.8 Å². The second-order valence-corrected chi connectivity index (χ2v) is 6.66. The largest absolute Gasteiger partial charge is 0.486 e. The molecule has 1 N–H and O–H groups in total. The van der Waals surface area contributed by atoms with Gasteiger partial charge in [0.15, 0.2) is 11.5 Å². The summed E-state index contributed by atoms with van der Waals surface area (Å²) >= 11 is 6.28. The van der Waals surface area contributed by atoms with Crippen LogP contribution in [-0.2, 0) is 11.3 Å². The Morgan fingerprint density at radius 1 is 1.32 bits per heavy atom. The number of rotatable bonds is 3. The minimum Gasteiger partial charge on any atom is -0.486 e. The maximum atomic E-state index is 11.4. The van der Waals surface area contributed by atoms with Gasteiger partial charge >= 0.3 is 5.97 Å². The summed E-state index contributed by atoms with van der Waals surface area (Å²) in [6, 6.07) is 4.39. The SMILES string of the molecule is O=C(O)C1CC2CCC1N2Cc1cc(Cl)c2c(c1)OCCO2. The van der Waals surface area contributed by atoms with Gasteiger partial charge in [-0.15, -0.1) is 0 Å². The summed E-state index contributed by atoms with van der Waals surface area (Å²) in [7, 11) is 0. The van der Waals surface area contributed by atoms with Crippen molar-refractivity contribution in [1.29, 1.82) is 0 Å². The van der Waals surface area contributed by atoms with E-state index in [9.17, 15) is 9.90 Å². The van der Waals surface area contributed by atoms with Crippen molar-refractivity contribution in [3.05, 3.63) is 22.7 Å². The van der Waals surface area contributed by atoms with Gasteiger partial charge in [0.1, 0.15) is 13.2 Å². The molecule has 3 aliphatic rings. The van der Waals surface area contributed by atoms with Gasteiger partial charge in [0.2, 0.25) is 0 Å². The van der Waals surface area contributed by atoms with Crippen LogP contribution < -0.4 is 9.47 Å². The molecule has 2 fully saturated rings. The molecule has 0 aromatic heterocycles. The second kappa shape index (κ2) is 5.32. The van der Waals surface area contributed by atoms with E-state index in [0.29, 0.717) is 35.8 Å². The van der Waals surface area contributed by atoms with Crippen LogP contribution in [0.15, 0.2) is 12.1 Å². The van der Waals surface area contributed by atoms with E-state index in [1.165, 1.54) is 0 Å². The molecule has 3 unspecified atom stereocenters. The van der Waals surface area contributed by atoms with Crippen LogP contribution >= 0.6 is 11.6 Å². The molecule has 22 heavy (non-hydrogen) atoms. The molecule has 0 saturated carbocycles. The van der Waals surface area contributed by atoms with Crippen molar-refractivity contribution in [2.45, 2.75) is 37.9 Å². The standard InChI is InChI=1S/C16H18ClNO4/c17-12-5-9(6-14-15(12)22-4-3-21-14)8-18-10-1-2-13(18)11(7-10)16(19)20/h5-6,10-11,13H,1-4,7-8H2,(H,19,20). The summed E-state index contributed by atoms with van der Waals surface area (Å²) in [6.07, 6.45) is 2.82. The van der Waals surface area contributed by atoms with E-state index in [1.54, 1.807) is 0 Å². The van der Waals surface area contributed by atoms with E-state index >= 15 is 0 Å². The first-order valence-electron chi connectivity index (χ1n) is 7.70. The van der Waals surface area contributed by atoms with Gasteiger partial charge < -0.3 is 14.6 Å². The van der Waals surface area contributed by atoms with E-state index in [-0.39, 0.29) is 12.0 Å². The lowest BCUT2D eigenvalue weighted by atomic mass is 9.89. The molecule has 3 heterocycles. The predicted octanol–water partition coefficient (Wildman–Crippen LogP) is 2.55. The number of hydrogen-bond donors (Lipinski definition) is 1. The third-order valence-corrected chi connectivity index (χ3v) is 5.30. The Bertz CT molecular complexity index is 620. The fourth-order valence-corrected chi connectivity index (χ4v) is 4.37. The first-order chi connectivity index (χ1) is 10.6. The molecule has 5 nitrogen and oxygen atoms in total. The molecule has 2 saturated heterocycles. The number of aliphatic carboxylic acids is 1. The first-order valence-corrected chi connectivity index (χ1v) is 8.08. The maximum Gasteiger partial charge on any atom is 0.308 e. The van der Waals surface area contributed by atoms with Crippen LogP contribution in [0.25, 0.3) is 0 Å². The molecule has 6 heteroatoms. The molecular formula is C16H18ClNO4. The van der Waals surface area contributed by atoms with E-state index in [1.807, 2.05) is 12.1 Å². The zero-order valence-electron chi connectivity index (χ0n) is 12.1. The third kappa shape index (κ3) is 2.23. The molecule has 0 amide bonds. The number of benzene rings is 1. The van der Waals surface area contributed by atoms with Crippen molar-refractivity contribution in [3.63, 3.8) is 0 Å². The summed E-state index contributed by atoms with van der Waals surface area (Å²) in [5, 5.41) is 9.90. The molecule has 3 atom stereocenters. The molecule has 2 bridgehead atoms. The lowest BCUT2D eigenvalue weighted by Gasteiger charge is -2.25. The highest BCUT2D eigenvalue weighted by Gasteiger charge is 2.49. The lowest BCUT2D eigenvalue weighted by molar-refractivity contribution is -0.142. The molecule has 0 aliphatic carbocycles. The summed E-state index contributed by atoms with van der Waals surface area (Å²) < 4.78 is 11.2. The maximum absolute atomic E-state index is 11.4. The van der Waals surface area contributed by atoms with E-state index in [2.05, 4.69) is 4.90 Å². The fourth-order valence-electron chi connectivity index (χ4n) is 4.08. The quantitative estimate of drug-likeness (QED) is 0.926. The molecule has 1 aromatic carbocycles. The number of nitrogens with zero attached hydrogens (tertiary/aromatic N) is 1. The van der Waals surface area contributed by atoms with Crippen molar-refractivity contribution in [2.75, 3.05) is 13.2 Å². The van der Waals surface area contributed by atoms with E-state index < -0.39 is 5.97 Å². The monoisotopic (exact) mass is 323 g/mol. The van der Waals surface area contributed by atoms with Crippen LogP contribution in [0.2, 0.25) is 5.02 Å². The normalized spacial score (nSPS) is 29.8. The van der Waals surface area contributed by atoms with E-state index in [0.717, 1.165) is 31.4 Å². The number of fused-ring (bicyclic) bond motifs is 3. The Labute approximate surface area is 133 Å². The summed E-state index contributed by atoms with van der Waals surface area (Å²) in [5.41, 5.74) is 1.05. The van der Waals surface area contributed by atoms with Gasteiger partial charge in [-0.25, -0.2) is 0 Å². The van der Waals surface area contributed by atoms with Crippen LogP contribution in [0, 0.1) is 5.92 Å². The topological polar surface area (TPSA) is 59.0 Å². The summed E-state index contributed by atoms with van der Waals surface area (Å²) in [4.78, 5) is 13.7. The molecule has 118 valence electrons. The fraction of sp³-hybridized carbons (Fsp3) is 0.562. The van der Waals surface area contributed by atoms with Crippen molar-refractivity contribution < 1.29 is 19.4 Å². The Hall–Kier alpha value is -1.46. The Balaban J connectivity index is 1.57.